The molecule has 0 bridgehead atoms. The Morgan fingerprint density at radius 2 is 2.00 bits per heavy atom. The minimum Gasteiger partial charge on any atom is -0.474 e. The van der Waals surface area contributed by atoms with Crippen LogP contribution >= 0.6 is 0 Å². The van der Waals surface area contributed by atoms with Gasteiger partial charge in [0.25, 0.3) is 5.91 Å². The van der Waals surface area contributed by atoms with E-state index >= 15 is 0 Å². The molecule has 0 aliphatic heterocycles. The van der Waals surface area contributed by atoms with Crippen molar-refractivity contribution in [1.29, 1.82) is 0 Å². The van der Waals surface area contributed by atoms with Gasteiger partial charge >= 0.3 is 5.69 Å². The molecule has 1 amide bonds. The predicted molar refractivity (Wildman–Crippen MR) is 94.5 cm³/mol. The van der Waals surface area contributed by atoms with Crippen LogP contribution < -0.4 is 10.1 Å². The predicted octanol–water partition coefficient (Wildman–Crippen LogP) is 1.67. The van der Waals surface area contributed by atoms with Gasteiger partial charge in [0, 0.05) is 25.2 Å². The van der Waals surface area contributed by atoms with Crippen LogP contribution in [0.25, 0.3) is 0 Å². The lowest BCUT2D eigenvalue weighted by Crippen LogP contribution is -2.37. The van der Waals surface area contributed by atoms with Crippen molar-refractivity contribution in [2.75, 3.05) is 13.1 Å². The summed E-state index contributed by atoms with van der Waals surface area (Å²) in [5.74, 6) is -0.506. The maximum atomic E-state index is 12.5. The first-order valence-corrected chi connectivity index (χ1v) is 9.90. The Morgan fingerprint density at radius 3 is 2.50 bits per heavy atom. The molecule has 0 saturated heterocycles. The summed E-state index contributed by atoms with van der Waals surface area (Å²) in [6.07, 6.45) is 0.895. The molecular weight excluding hydrogens is 362 g/mol. The second-order valence-corrected chi connectivity index (χ2v) is 7.96. The minimum absolute atomic E-state index is 0.144. The molecule has 0 aromatic heterocycles. The van der Waals surface area contributed by atoms with Gasteiger partial charge in [-0.05, 0) is 31.9 Å². The topological polar surface area (TPSA) is 119 Å². The van der Waals surface area contributed by atoms with Crippen molar-refractivity contribution < 1.29 is 22.9 Å². The summed E-state index contributed by atoms with van der Waals surface area (Å²) in [7, 11) is -3.83. The molecule has 1 N–H and O–H groups in total. The van der Waals surface area contributed by atoms with Crippen LogP contribution in [-0.2, 0) is 14.8 Å². The number of benzene rings is 1. The van der Waals surface area contributed by atoms with Crippen LogP contribution in [0.1, 0.15) is 33.6 Å². The molecule has 0 radical (unpaired) electrons. The van der Waals surface area contributed by atoms with Crippen LogP contribution in [0.3, 0.4) is 0 Å². The van der Waals surface area contributed by atoms with Gasteiger partial charge in [0.05, 0.1) is 9.82 Å². The Balaban J connectivity index is 2.28. The van der Waals surface area contributed by atoms with E-state index in [-0.39, 0.29) is 35.7 Å². The molecule has 1 aromatic rings. The van der Waals surface area contributed by atoms with Crippen LogP contribution in [0.2, 0.25) is 0 Å². The molecule has 0 heterocycles. The lowest BCUT2D eigenvalue weighted by molar-refractivity contribution is -0.386. The average Bonchev–Trinajstić information content (AvgIpc) is 3.39. The molecule has 1 fully saturated rings. The smallest absolute Gasteiger partial charge is 0.312 e. The number of nitro groups is 1. The summed E-state index contributed by atoms with van der Waals surface area (Å²) in [5.41, 5.74) is -0.496. The number of rotatable bonds is 9. The van der Waals surface area contributed by atoms with Gasteiger partial charge in [-0.2, -0.15) is 4.31 Å². The first-order chi connectivity index (χ1) is 12.2. The van der Waals surface area contributed by atoms with Crippen molar-refractivity contribution in [2.45, 2.75) is 50.7 Å². The first-order valence-electron chi connectivity index (χ1n) is 8.46. The Bertz CT molecular complexity index is 787. The first kappa shape index (κ1) is 20.1. The lowest BCUT2D eigenvalue weighted by atomic mass is 10.3. The van der Waals surface area contributed by atoms with Crippen molar-refractivity contribution in [2.24, 2.45) is 0 Å². The Hall–Kier alpha value is -2.20. The van der Waals surface area contributed by atoms with Gasteiger partial charge < -0.3 is 10.1 Å². The van der Waals surface area contributed by atoms with Crippen molar-refractivity contribution in [3.8, 4) is 5.75 Å². The van der Waals surface area contributed by atoms with Crippen LogP contribution in [0.5, 0.6) is 5.75 Å². The van der Waals surface area contributed by atoms with Crippen LogP contribution in [0.4, 0.5) is 5.69 Å². The zero-order valence-electron chi connectivity index (χ0n) is 15.0. The number of nitrogens with one attached hydrogen (secondary N) is 1. The largest absolute Gasteiger partial charge is 0.474 e. The third-order valence-corrected chi connectivity index (χ3v) is 6.11. The number of hydrogen-bond acceptors (Lipinski definition) is 6. The van der Waals surface area contributed by atoms with Crippen molar-refractivity contribution in [3.63, 3.8) is 0 Å². The summed E-state index contributed by atoms with van der Waals surface area (Å²) >= 11 is 0. The highest BCUT2D eigenvalue weighted by atomic mass is 32.2. The van der Waals surface area contributed by atoms with E-state index < -0.39 is 26.7 Å². The molecule has 1 atom stereocenters. The van der Waals surface area contributed by atoms with Gasteiger partial charge in [-0.25, -0.2) is 8.42 Å². The molecule has 2 rings (SSSR count). The number of carbonyl (C=O) groups excluding carboxylic acids is 1. The molecule has 1 aliphatic carbocycles. The molecule has 144 valence electrons. The summed E-state index contributed by atoms with van der Waals surface area (Å²) < 4.78 is 31.7. The van der Waals surface area contributed by atoms with Gasteiger partial charge in [0.1, 0.15) is 0 Å². The zero-order chi connectivity index (χ0) is 19.5. The number of nitrogens with zero attached hydrogens (tertiary/aromatic N) is 2. The average molecular weight is 385 g/mol. The van der Waals surface area contributed by atoms with E-state index in [9.17, 15) is 23.3 Å². The Labute approximate surface area is 152 Å². The molecule has 10 heteroatoms. The molecule has 1 aliphatic rings. The SMILES string of the molecule is CCN(CC)S(=O)(=O)c1ccc(O[C@H](C)C(=O)NC2CC2)c([N+](=O)[O-])c1. The number of nitro benzene ring substituents is 1. The second kappa shape index (κ2) is 8.00. The van der Waals surface area contributed by atoms with E-state index in [1.807, 2.05) is 0 Å². The maximum Gasteiger partial charge on any atom is 0.312 e. The molecule has 9 nitrogen and oxygen atoms in total. The molecular formula is C16H23N3O6S. The fourth-order valence-corrected chi connectivity index (χ4v) is 3.88. The molecule has 0 unspecified atom stereocenters. The highest BCUT2D eigenvalue weighted by Crippen LogP contribution is 2.31. The lowest BCUT2D eigenvalue weighted by Gasteiger charge is -2.19. The fourth-order valence-electron chi connectivity index (χ4n) is 2.40. The van der Waals surface area contributed by atoms with Crippen molar-refractivity contribution in [1.82, 2.24) is 9.62 Å². The van der Waals surface area contributed by atoms with E-state index in [4.69, 9.17) is 4.74 Å². The van der Waals surface area contributed by atoms with E-state index in [1.54, 1.807) is 13.8 Å². The number of hydrogen-bond donors (Lipinski definition) is 1. The van der Waals surface area contributed by atoms with E-state index in [1.165, 1.54) is 23.4 Å². The van der Waals surface area contributed by atoms with E-state index in [2.05, 4.69) is 5.32 Å². The standard InChI is InChI=1S/C16H23N3O6S/c1-4-18(5-2)26(23,24)13-8-9-15(14(10-13)19(21)22)25-11(3)16(20)17-12-6-7-12/h8-12H,4-7H2,1-3H3,(H,17,20)/t11-/m1/s1. The van der Waals surface area contributed by atoms with Crippen LogP contribution in [0, 0.1) is 10.1 Å². The zero-order valence-corrected chi connectivity index (χ0v) is 15.8. The quantitative estimate of drug-likeness (QED) is 0.510. The summed E-state index contributed by atoms with van der Waals surface area (Å²) in [6.45, 7) is 5.37. The molecule has 0 spiro atoms. The van der Waals surface area contributed by atoms with Gasteiger partial charge in [0.15, 0.2) is 11.9 Å². The van der Waals surface area contributed by atoms with E-state index in [0.717, 1.165) is 18.9 Å². The van der Waals surface area contributed by atoms with Gasteiger partial charge in [-0.1, -0.05) is 13.8 Å². The summed E-state index contributed by atoms with van der Waals surface area (Å²) in [5, 5.41) is 14.1. The van der Waals surface area contributed by atoms with Crippen LogP contribution in [-0.4, -0.2) is 48.8 Å². The number of amides is 1. The highest BCUT2D eigenvalue weighted by molar-refractivity contribution is 7.89. The Morgan fingerprint density at radius 1 is 1.38 bits per heavy atom. The third-order valence-electron chi connectivity index (χ3n) is 4.07. The minimum atomic E-state index is -3.83. The van der Waals surface area contributed by atoms with Gasteiger partial charge in [-0.15, -0.1) is 0 Å². The van der Waals surface area contributed by atoms with Gasteiger partial charge in [-0.3, -0.25) is 14.9 Å². The molecule has 1 saturated carbocycles. The highest BCUT2D eigenvalue weighted by Gasteiger charge is 2.29. The third kappa shape index (κ3) is 4.50. The molecule has 26 heavy (non-hydrogen) atoms. The van der Waals surface area contributed by atoms with E-state index in [0.29, 0.717) is 0 Å². The second-order valence-electron chi connectivity index (χ2n) is 6.02. The number of carbonyl (C=O) groups is 1. The summed E-state index contributed by atoms with van der Waals surface area (Å²) in [6, 6.07) is 3.58. The summed E-state index contributed by atoms with van der Waals surface area (Å²) in [4.78, 5) is 22.4. The Kier molecular flexibility index (Phi) is 6.19. The number of sulfonamides is 1. The van der Waals surface area contributed by atoms with Gasteiger partial charge in [0.2, 0.25) is 10.0 Å². The van der Waals surface area contributed by atoms with Crippen molar-refractivity contribution in [3.05, 3.63) is 28.3 Å². The van der Waals surface area contributed by atoms with Crippen molar-refractivity contribution >= 4 is 21.6 Å². The van der Waals surface area contributed by atoms with Crippen LogP contribution in [0.15, 0.2) is 23.1 Å². The normalized spacial score (nSPS) is 15.5. The number of ether oxygens (including phenoxy) is 1. The fraction of sp³-hybridized carbons (Fsp3) is 0.562. The monoisotopic (exact) mass is 385 g/mol. The molecule has 1 aromatic carbocycles. The maximum absolute atomic E-state index is 12.5.